The van der Waals surface area contributed by atoms with E-state index in [1.54, 1.807) is 6.20 Å². The van der Waals surface area contributed by atoms with E-state index in [1.165, 1.54) is 5.56 Å². The Morgan fingerprint density at radius 3 is 3.00 bits per heavy atom. The van der Waals surface area contributed by atoms with E-state index in [9.17, 15) is 0 Å². The normalized spacial score (nSPS) is 12.5. The van der Waals surface area contributed by atoms with Crippen LogP contribution in [0.15, 0.2) is 18.3 Å². The Morgan fingerprint density at radius 2 is 2.38 bits per heavy atom. The first-order valence-electron chi connectivity index (χ1n) is 4.55. The molecule has 0 saturated heterocycles. The molecule has 0 aliphatic heterocycles. The second-order valence-corrected chi connectivity index (χ2v) is 3.12. The first kappa shape index (κ1) is 9.99. The van der Waals surface area contributed by atoms with E-state index < -0.39 is 0 Å². The number of hydrogen-bond donors (Lipinski definition) is 1. The van der Waals surface area contributed by atoms with Crippen molar-refractivity contribution in [2.45, 2.75) is 26.3 Å². The van der Waals surface area contributed by atoms with Crippen LogP contribution in [0, 0.1) is 0 Å². The van der Waals surface area contributed by atoms with Gasteiger partial charge in [-0.15, -0.1) is 0 Å². The van der Waals surface area contributed by atoms with Gasteiger partial charge in [0.1, 0.15) is 0 Å². The number of nitrogens with zero attached hydrogens (tertiary/aromatic N) is 1. The maximum Gasteiger partial charge on any atom is 0.213 e. The Balaban J connectivity index is 2.67. The van der Waals surface area contributed by atoms with Crippen LogP contribution in [0.2, 0.25) is 0 Å². The molecule has 0 aromatic carbocycles. The number of nitrogens with two attached hydrogens (primary N) is 1. The van der Waals surface area contributed by atoms with Crippen LogP contribution in [0.25, 0.3) is 0 Å². The minimum Gasteiger partial charge on any atom is -0.478 e. The summed E-state index contributed by atoms with van der Waals surface area (Å²) >= 11 is 0. The monoisotopic (exact) mass is 180 g/mol. The average Bonchev–Trinajstić information content (AvgIpc) is 2.04. The second kappa shape index (κ2) is 4.82. The van der Waals surface area contributed by atoms with Gasteiger partial charge >= 0.3 is 0 Å². The lowest BCUT2D eigenvalue weighted by atomic mass is 10.1. The highest BCUT2D eigenvalue weighted by Gasteiger charge is 2.00. The molecule has 0 fully saturated rings. The molecule has 1 heterocycles. The molecule has 13 heavy (non-hydrogen) atoms. The van der Waals surface area contributed by atoms with Crippen LogP contribution in [0.1, 0.15) is 19.4 Å². The Kier molecular flexibility index (Phi) is 3.71. The Bertz CT molecular complexity index is 261. The van der Waals surface area contributed by atoms with Gasteiger partial charge in [0, 0.05) is 18.3 Å². The highest BCUT2D eigenvalue weighted by molar-refractivity contribution is 5.21. The van der Waals surface area contributed by atoms with E-state index in [0.29, 0.717) is 12.5 Å². The third-order valence-corrected chi connectivity index (χ3v) is 1.65. The minimum atomic E-state index is 0.178. The highest BCUT2D eigenvalue weighted by Crippen LogP contribution is 2.10. The average molecular weight is 180 g/mol. The van der Waals surface area contributed by atoms with E-state index in [-0.39, 0.29) is 6.04 Å². The fourth-order valence-corrected chi connectivity index (χ4v) is 1.18. The summed E-state index contributed by atoms with van der Waals surface area (Å²) in [6, 6.07) is 4.08. The van der Waals surface area contributed by atoms with Gasteiger partial charge in [-0.3, -0.25) is 0 Å². The molecular formula is C10H16N2O. The van der Waals surface area contributed by atoms with Crippen LogP contribution >= 0.6 is 0 Å². The van der Waals surface area contributed by atoms with Crippen LogP contribution in [0.5, 0.6) is 5.88 Å². The quantitative estimate of drug-likeness (QED) is 0.761. The SMILES string of the molecule is CCOc1cc(CC(C)N)ccn1. The lowest BCUT2D eigenvalue weighted by Gasteiger charge is -2.06. The fraction of sp³-hybridized carbons (Fsp3) is 0.500. The predicted molar refractivity (Wildman–Crippen MR) is 52.8 cm³/mol. The number of aromatic nitrogens is 1. The molecule has 1 aromatic heterocycles. The third-order valence-electron chi connectivity index (χ3n) is 1.65. The zero-order valence-corrected chi connectivity index (χ0v) is 8.16. The van der Waals surface area contributed by atoms with Crippen LogP contribution in [-0.2, 0) is 6.42 Å². The molecule has 1 unspecified atom stereocenters. The van der Waals surface area contributed by atoms with Crippen molar-refractivity contribution < 1.29 is 4.74 Å². The van der Waals surface area contributed by atoms with E-state index in [2.05, 4.69) is 4.98 Å². The van der Waals surface area contributed by atoms with Gasteiger partial charge in [0.2, 0.25) is 5.88 Å². The van der Waals surface area contributed by atoms with Gasteiger partial charge in [0.05, 0.1) is 6.61 Å². The molecule has 0 aliphatic rings. The van der Waals surface area contributed by atoms with Crippen LogP contribution in [0.3, 0.4) is 0 Å². The van der Waals surface area contributed by atoms with Gasteiger partial charge in [0.25, 0.3) is 0 Å². The summed E-state index contributed by atoms with van der Waals surface area (Å²) in [5.41, 5.74) is 6.86. The standard InChI is InChI=1S/C10H16N2O/c1-3-13-10-7-9(4-5-12-10)6-8(2)11/h4-5,7-8H,3,6,11H2,1-2H3. The second-order valence-electron chi connectivity index (χ2n) is 3.12. The predicted octanol–water partition coefficient (Wildman–Crippen LogP) is 1.37. The van der Waals surface area contributed by atoms with Crippen molar-refractivity contribution in [3.05, 3.63) is 23.9 Å². The summed E-state index contributed by atoms with van der Waals surface area (Å²) in [4.78, 5) is 4.07. The smallest absolute Gasteiger partial charge is 0.213 e. The third kappa shape index (κ3) is 3.42. The van der Waals surface area contributed by atoms with Crippen molar-refractivity contribution >= 4 is 0 Å². The molecule has 0 saturated carbocycles. The summed E-state index contributed by atoms with van der Waals surface area (Å²) in [6.07, 6.45) is 2.62. The molecule has 1 rings (SSSR count). The first-order valence-corrected chi connectivity index (χ1v) is 4.55. The Hall–Kier alpha value is -1.09. The molecule has 2 N–H and O–H groups in total. The van der Waals surface area contributed by atoms with Crippen LogP contribution < -0.4 is 10.5 Å². The minimum absolute atomic E-state index is 0.178. The summed E-state index contributed by atoms with van der Waals surface area (Å²) < 4.78 is 5.28. The van der Waals surface area contributed by atoms with Crippen molar-refractivity contribution in [3.63, 3.8) is 0 Å². The van der Waals surface area contributed by atoms with Crippen molar-refractivity contribution in [1.82, 2.24) is 4.98 Å². The van der Waals surface area contributed by atoms with Crippen molar-refractivity contribution in [2.75, 3.05) is 6.61 Å². The molecule has 3 nitrogen and oxygen atoms in total. The van der Waals surface area contributed by atoms with Crippen molar-refractivity contribution in [2.24, 2.45) is 5.73 Å². The van der Waals surface area contributed by atoms with Gasteiger partial charge in [-0.2, -0.15) is 0 Å². The molecule has 1 atom stereocenters. The molecular weight excluding hydrogens is 164 g/mol. The summed E-state index contributed by atoms with van der Waals surface area (Å²) in [6.45, 7) is 4.58. The Labute approximate surface area is 78.9 Å². The fourth-order valence-electron chi connectivity index (χ4n) is 1.18. The molecule has 0 amide bonds. The van der Waals surface area contributed by atoms with Gasteiger partial charge in [-0.05, 0) is 31.9 Å². The summed E-state index contributed by atoms with van der Waals surface area (Å²) in [7, 11) is 0. The largest absolute Gasteiger partial charge is 0.478 e. The molecule has 0 radical (unpaired) electrons. The molecule has 0 spiro atoms. The lowest BCUT2D eigenvalue weighted by molar-refractivity contribution is 0.326. The molecule has 0 bridgehead atoms. The van der Waals surface area contributed by atoms with Crippen LogP contribution in [-0.4, -0.2) is 17.6 Å². The number of pyridine rings is 1. The van der Waals surface area contributed by atoms with Gasteiger partial charge in [0.15, 0.2) is 0 Å². The molecule has 0 aliphatic carbocycles. The van der Waals surface area contributed by atoms with E-state index in [4.69, 9.17) is 10.5 Å². The van der Waals surface area contributed by atoms with E-state index >= 15 is 0 Å². The van der Waals surface area contributed by atoms with E-state index in [0.717, 1.165) is 6.42 Å². The lowest BCUT2D eigenvalue weighted by Crippen LogP contribution is -2.17. The summed E-state index contributed by atoms with van der Waals surface area (Å²) in [5.74, 6) is 0.681. The zero-order chi connectivity index (χ0) is 9.68. The van der Waals surface area contributed by atoms with E-state index in [1.807, 2.05) is 26.0 Å². The van der Waals surface area contributed by atoms with Gasteiger partial charge in [-0.1, -0.05) is 0 Å². The zero-order valence-electron chi connectivity index (χ0n) is 8.16. The molecule has 3 heteroatoms. The maximum absolute atomic E-state index is 5.69. The topological polar surface area (TPSA) is 48.1 Å². The van der Waals surface area contributed by atoms with Crippen LogP contribution in [0.4, 0.5) is 0 Å². The highest BCUT2D eigenvalue weighted by atomic mass is 16.5. The van der Waals surface area contributed by atoms with Crippen molar-refractivity contribution in [1.29, 1.82) is 0 Å². The number of hydrogen-bond acceptors (Lipinski definition) is 3. The number of rotatable bonds is 4. The van der Waals surface area contributed by atoms with Gasteiger partial charge < -0.3 is 10.5 Å². The molecule has 72 valence electrons. The molecule has 1 aromatic rings. The maximum atomic E-state index is 5.69. The van der Waals surface area contributed by atoms with Gasteiger partial charge in [-0.25, -0.2) is 4.98 Å². The van der Waals surface area contributed by atoms with Crippen molar-refractivity contribution in [3.8, 4) is 5.88 Å². The summed E-state index contributed by atoms with van der Waals surface area (Å²) in [5, 5.41) is 0. The number of ether oxygens (including phenoxy) is 1. The first-order chi connectivity index (χ1) is 6.22. The Morgan fingerprint density at radius 1 is 1.62 bits per heavy atom.